The number of hydrogen-bond acceptors (Lipinski definition) is 2. The highest BCUT2D eigenvalue weighted by atomic mass is 32.1. The molecule has 0 aliphatic rings. The molecule has 15 heavy (non-hydrogen) atoms. The van der Waals surface area contributed by atoms with Crippen molar-refractivity contribution in [1.82, 2.24) is 0 Å². The lowest BCUT2D eigenvalue weighted by Crippen LogP contribution is -2.10. The fourth-order valence-electron chi connectivity index (χ4n) is 1.49. The van der Waals surface area contributed by atoms with Gasteiger partial charge in [-0.15, -0.1) is 11.3 Å². The summed E-state index contributed by atoms with van der Waals surface area (Å²) in [4.78, 5) is 1.10. The molecule has 78 valence electrons. The molecule has 1 nitrogen and oxygen atoms in total. The SMILES string of the molecule is Cc1cc([C@H](N)c2cccs2)ccc1F. The third-order valence-electron chi connectivity index (χ3n) is 2.39. The summed E-state index contributed by atoms with van der Waals surface area (Å²) < 4.78 is 13.1. The van der Waals surface area contributed by atoms with Crippen LogP contribution in [-0.2, 0) is 0 Å². The first kappa shape index (κ1) is 10.3. The third kappa shape index (κ3) is 2.08. The summed E-state index contributed by atoms with van der Waals surface area (Å²) in [6.07, 6.45) is 0. The molecule has 0 aliphatic carbocycles. The Bertz CT molecular complexity index is 451. The first-order valence-electron chi connectivity index (χ1n) is 4.73. The molecule has 2 N–H and O–H groups in total. The molecule has 1 heterocycles. The predicted molar refractivity (Wildman–Crippen MR) is 61.5 cm³/mol. The molecular weight excluding hydrogens is 209 g/mol. The number of nitrogens with two attached hydrogens (primary N) is 1. The zero-order valence-electron chi connectivity index (χ0n) is 8.41. The van der Waals surface area contributed by atoms with Gasteiger partial charge in [-0.1, -0.05) is 18.2 Å². The number of halogens is 1. The minimum absolute atomic E-state index is 0.149. The fraction of sp³-hybridized carbons (Fsp3) is 0.167. The molecule has 0 amide bonds. The van der Waals surface area contributed by atoms with Crippen molar-refractivity contribution in [2.24, 2.45) is 5.73 Å². The summed E-state index contributed by atoms with van der Waals surface area (Å²) in [5.74, 6) is -0.183. The second-order valence-electron chi connectivity index (χ2n) is 3.50. The largest absolute Gasteiger partial charge is 0.320 e. The van der Waals surface area contributed by atoms with Crippen molar-refractivity contribution in [3.8, 4) is 0 Å². The van der Waals surface area contributed by atoms with E-state index in [4.69, 9.17) is 5.73 Å². The normalized spacial score (nSPS) is 12.7. The molecule has 0 bridgehead atoms. The Labute approximate surface area is 92.4 Å². The number of thiophene rings is 1. The van der Waals surface area contributed by atoms with Crippen LogP contribution >= 0.6 is 11.3 Å². The second kappa shape index (κ2) is 4.13. The summed E-state index contributed by atoms with van der Waals surface area (Å²) >= 11 is 1.62. The smallest absolute Gasteiger partial charge is 0.126 e. The highest BCUT2D eigenvalue weighted by Crippen LogP contribution is 2.24. The van der Waals surface area contributed by atoms with Gasteiger partial charge in [-0.25, -0.2) is 4.39 Å². The van der Waals surface area contributed by atoms with Crippen molar-refractivity contribution in [2.45, 2.75) is 13.0 Å². The van der Waals surface area contributed by atoms with Crippen LogP contribution in [0.4, 0.5) is 4.39 Å². The number of aryl methyl sites for hydroxylation is 1. The Balaban J connectivity index is 2.34. The molecule has 2 aromatic rings. The average molecular weight is 221 g/mol. The van der Waals surface area contributed by atoms with E-state index in [0.29, 0.717) is 5.56 Å². The van der Waals surface area contributed by atoms with Gasteiger partial charge >= 0.3 is 0 Å². The van der Waals surface area contributed by atoms with Crippen LogP contribution in [0.15, 0.2) is 35.7 Å². The Morgan fingerprint density at radius 2 is 2.13 bits per heavy atom. The van der Waals surface area contributed by atoms with Gasteiger partial charge in [0.25, 0.3) is 0 Å². The minimum Gasteiger partial charge on any atom is -0.320 e. The second-order valence-corrected chi connectivity index (χ2v) is 4.48. The van der Waals surface area contributed by atoms with Gasteiger partial charge in [0, 0.05) is 4.88 Å². The lowest BCUT2D eigenvalue weighted by atomic mass is 10.0. The van der Waals surface area contributed by atoms with Gasteiger partial charge in [-0.2, -0.15) is 0 Å². The van der Waals surface area contributed by atoms with Crippen LogP contribution < -0.4 is 5.73 Å². The molecule has 0 saturated carbocycles. The van der Waals surface area contributed by atoms with Gasteiger partial charge in [-0.3, -0.25) is 0 Å². The fourth-order valence-corrected chi connectivity index (χ4v) is 2.25. The van der Waals surface area contributed by atoms with E-state index in [0.717, 1.165) is 10.4 Å². The van der Waals surface area contributed by atoms with Crippen molar-refractivity contribution >= 4 is 11.3 Å². The quantitative estimate of drug-likeness (QED) is 0.827. The molecule has 0 fully saturated rings. The Morgan fingerprint density at radius 3 is 2.73 bits per heavy atom. The molecule has 0 saturated heterocycles. The Kier molecular flexibility index (Phi) is 2.84. The molecule has 1 aromatic heterocycles. The topological polar surface area (TPSA) is 26.0 Å². The van der Waals surface area contributed by atoms with Gasteiger partial charge in [0.1, 0.15) is 5.82 Å². The molecule has 2 rings (SSSR count). The van der Waals surface area contributed by atoms with Gasteiger partial charge in [0.05, 0.1) is 6.04 Å². The summed E-state index contributed by atoms with van der Waals surface area (Å²) in [6, 6.07) is 8.83. The van der Waals surface area contributed by atoms with E-state index in [1.807, 2.05) is 17.5 Å². The average Bonchev–Trinajstić information content (AvgIpc) is 2.74. The van der Waals surface area contributed by atoms with E-state index in [1.165, 1.54) is 6.07 Å². The van der Waals surface area contributed by atoms with Crippen LogP contribution in [0.1, 0.15) is 22.0 Å². The lowest BCUT2D eigenvalue weighted by molar-refractivity contribution is 0.617. The van der Waals surface area contributed by atoms with E-state index in [-0.39, 0.29) is 11.9 Å². The van der Waals surface area contributed by atoms with Crippen molar-refractivity contribution in [3.63, 3.8) is 0 Å². The maximum Gasteiger partial charge on any atom is 0.126 e. The molecule has 0 radical (unpaired) electrons. The first-order valence-corrected chi connectivity index (χ1v) is 5.61. The van der Waals surface area contributed by atoms with E-state index in [2.05, 4.69) is 0 Å². The standard InChI is InChI=1S/C12H12FNS/c1-8-7-9(4-5-10(8)13)12(14)11-3-2-6-15-11/h2-7,12H,14H2,1H3/t12-/m0/s1. The summed E-state index contributed by atoms with van der Waals surface area (Å²) in [6.45, 7) is 1.75. The molecule has 3 heteroatoms. The van der Waals surface area contributed by atoms with Crippen molar-refractivity contribution in [1.29, 1.82) is 0 Å². The van der Waals surface area contributed by atoms with Gasteiger partial charge in [-0.05, 0) is 35.6 Å². The lowest BCUT2D eigenvalue weighted by Gasteiger charge is -2.10. The monoisotopic (exact) mass is 221 g/mol. The molecule has 0 spiro atoms. The van der Waals surface area contributed by atoms with E-state index in [9.17, 15) is 4.39 Å². The number of hydrogen-bond donors (Lipinski definition) is 1. The number of rotatable bonds is 2. The molecular formula is C12H12FNS. The zero-order valence-corrected chi connectivity index (χ0v) is 9.22. The first-order chi connectivity index (χ1) is 7.18. The van der Waals surface area contributed by atoms with E-state index in [1.54, 1.807) is 30.4 Å². The maximum atomic E-state index is 13.1. The molecule has 1 aromatic carbocycles. The van der Waals surface area contributed by atoms with Crippen LogP contribution in [0.2, 0.25) is 0 Å². The summed E-state index contributed by atoms with van der Waals surface area (Å²) in [5.41, 5.74) is 7.66. The maximum absolute atomic E-state index is 13.1. The van der Waals surface area contributed by atoms with Gasteiger partial charge in [0.15, 0.2) is 0 Å². The summed E-state index contributed by atoms with van der Waals surface area (Å²) in [5, 5.41) is 1.99. The van der Waals surface area contributed by atoms with Gasteiger partial charge in [0.2, 0.25) is 0 Å². The van der Waals surface area contributed by atoms with E-state index >= 15 is 0 Å². The van der Waals surface area contributed by atoms with Gasteiger partial charge < -0.3 is 5.73 Å². The van der Waals surface area contributed by atoms with Crippen LogP contribution in [-0.4, -0.2) is 0 Å². The van der Waals surface area contributed by atoms with E-state index < -0.39 is 0 Å². The summed E-state index contributed by atoms with van der Waals surface area (Å²) in [7, 11) is 0. The van der Waals surface area contributed by atoms with Crippen molar-refractivity contribution in [2.75, 3.05) is 0 Å². The highest BCUT2D eigenvalue weighted by Gasteiger charge is 2.10. The Morgan fingerprint density at radius 1 is 1.33 bits per heavy atom. The predicted octanol–water partition coefficient (Wildman–Crippen LogP) is 3.24. The zero-order chi connectivity index (χ0) is 10.8. The van der Waals surface area contributed by atoms with Crippen LogP contribution in [0, 0.1) is 12.7 Å². The molecule has 1 atom stereocenters. The molecule has 0 aliphatic heterocycles. The highest BCUT2D eigenvalue weighted by molar-refractivity contribution is 7.10. The number of benzene rings is 1. The van der Waals surface area contributed by atoms with Crippen molar-refractivity contribution in [3.05, 3.63) is 57.5 Å². The van der Waals surface area contributed by atoms with Crippen LogP contribution in [0.25, 0.3) is 0 Å². The molecule has 0 unspecified atom stereocenters. The minimum atomic E-state index is -0.183. The van der Waals surface area contributed by atoms with Crippen LogP contribution in [0.5, 0.6) is 0 Å². The third-order valence-corrected chi connectivity index (χ3v) is 3.35. The Hall–Kier alpha value is -1.19. The van der Waals surface area contributed by atoms with Crippen molar-refractivity contribution < 1.29 is 4.39 Å². The van der Waals surface area contributed by atoms with Crippen LogP contribution in [0.3, 0.4) is 0 Å².